The van der Waals surface area contributed by atoms with Crippen LogP contribution < -0.4 is 34.7 Å². The van der Waals surface area contributed by atoms with E-state index in [1.807, 2.05) is 0 Å². The van der Waals surface area contributed by atoms with Gasteiger partial charge in [-0.3, -0.25) is 0 Å². The molecular weight excluding hydrogens is 147 g/mol. The van der Waals surface area contributed by atoms with Crippen LogP contribution in [0, 0.1) is 0 Å². The van der Waals surface area contributed by atoms with Crippen molar-refractivity contribution in [2.45, 2.75) is 6.10 Å². The molecular formula is C5H7NaO4. The first-order valence-electron chi connectivity index (χ1n) is 2.68. The Hall–Kier alpha value is 0.390. The average molecular weight is 154 g/mol. The molecule has 52 valence electrons. The molecule has 0 amide bonds. The van der Waals surface area contributed by atoms with Crippen molar-refractivity contribution in [1.82, 2.24) is 0 Å². The van der Waals surface area contributed by atoms with Crippen molar-refractivity contribution in [1.29, 1.82) is 0 Å². The number of ether oxygens (including phenoxy) is 2. The Balaban J connectivity index is 0.000000810. The van der Waals surface area contributed by atoms with Crippen LogP contribution in [-0.2, 0) is 14.3 Å². The minimum Gasteiger partial charge on any atom is -0.548 e. The van der Waals surface area contributed by atoms with E-state index in [0.29, 0.717) is 13.2 Å². The number of aliphatic carboxylic acids is 1. The standard InChI is InChI=1S/C5H8O4.Na/c6-5(7)3-9-4-1-8-2-4;/h4H,1-3H2,(H,6,7);/q;+1/p-1. The molecule has 0 aromatic carbocycles. The van der Waals surface area contributed by atoms with Gasteiger partial charge in [0, 0.05) is 0 Å². The third kappa shape index (κ3) is 3.53. The van der Waals surface area contributed by atoms with Gasteiger partial charge >= 0.3 is 29.6 Å². The monoisotopic (exact) mass is 154 g/mol. The van der Waals surface area contributed by atoms with Gasteiger partial charge in [0.25, 0.3) is 0 Å². The SMILES string of the molecule is O=C([O-])COC1COC1.[Na+]. The van der Waals surface area contributed by atoms with Crippen LogP contribution >= 0.6 is 0 Å². The fourth-order valence-corrected chi connectivity index (χ4v) is 0.496. The van der Waals surface area contributed by atoms with E-state index in [0.717, 1.165) is 0 Å². The first-order valence-corrected chi connectivity index (χ1v) is 2.68. The molecule has 0 radical (unpaired) electrons. The Morgan fingerprint density at radius 3 is 2.60 bits per heavy atom. The zero-order valence-electron chi connectivity index (χ0n) is 5.83. The summed E-state index contributed by atoms with van der Waals surface area (Å²) in [6, 6.07) is 0. The van der Waals surface area contributed by atoms with E-state index in [2.05, 4.69) is 0 Å². The van der Waals surface area contributed by atoms with Gasteiger partial charge in [0.2, 0.25) is 0 Å². The van der Waals surface area contributed by atoms with Crippen LogP contribution in [0.3, 0.4) is 0 Å². The van der Waals surface area contributed by atoms with Crippen LogP contribution in [0.4, 0.5) is 0 Å². The van der Waals surface area contributed by atoms with Crippen LogP contribution in [-0.4, -0.2) is 31.9 Å². The number of rotatable bonds is 3. The molecule has 0 aromatic heterocycles. The topological polar surface area (TPSA) is 58.6 Å². The molecule has 1 saturated heterocycles. The molecule has 0 bridgehead atoms. The van der Waals surface area contributed by atoms with Gasteiger partial charge in [0.1, 0.15) is 6.10 Å². The Morgan fingerprint density at radius 1 is 1.70 bits per heavy atom. The van der Waals surface area contributed by atoms with Gasteiger partial charge in [-0.2, -0.15) is 0 Å². The van der Waals surface area contributed by atoms with E-state index in [1.165, 1.54) is 0 Å². The smallest absolute Gasteiger partial charge is 0.548 e. The zero-order valence-corrected chi connectivity index (χ0v) is 7.83. The van der Waals surface area contributed by atoms with Gasteiger partial charge in [-0.15, -0.1) is 0 Å². The molecule has 0 saturated carbocycles. The molecule has 4 nitrogen and oxygen atoms in total. The van der Waals surface area contributed by atoms with Crippen LogP contribution in [0.25, 0.3) is 0 Å². The Morgan fingerprint density at radius 2 is 2.30 bits per heavy atom. The van der Waals surface area contributed by atoms with Gasteiger partial charge in [0.05, 0.1) is 25.8 Å². The summed E-state index contributed by atoms with van der Waals surface area (Å²) in [6.07, 6.45) is -0.0251. The van der Waals surface area contributed by atoms with E-state index in [4.69, 9.17) is 9.47 Å². The number of carbonyl (C=O) groups is 1. The van der Waals surface area contributed by atoms with E-state index >= 15 is 0 Å². The number of hydrogen-bond acceptors (Lipinski definition) is 4. The Bertz CT molecular complexity index is 112. The van der Waals surface area contributed by atoms with E-state index < -0.39 is 5.97 Å². The summed E-state index contributed by atoms with van der Waals surface area (Å²) in [5.41, 5.74) is 0. The normalized spacial score (nSPS) is 17.2. The predicted molar refractivity (Wildman–Crippen MR) is 25.6 cm³/mol. The van der Waals surface area contributed by atoms with Gasteiger partial charge in [-0.1, -0.05) is 0 Å². The summed E-state index contributed by atoms with van der Waals surface area (Å²) in [7, 11) is 0. The third-order valence-corrected chi connectivity index (χ3v) is 1.04. The van der Waals surface area contributed by atoms with Crippen LogP contribution in [0.15, 0.2) is 0 Å². The van der Waals surface area contributed by atoms with Crippen molar-refractivity contribution < 1.29 is 48.9 Å². The van der Waals surface area contributed by atoms with Crippen molar-refractivity contribution in [3.63, 3.8) is 0 Å². The summed E-state index contributed by atoms with van der Waals surface area (Å²) < 4.78 is 9.48. The van der Waals surface area contributed by atoms with Crippen LogP contribution in [0.2, 0.25) is 0 Å². The molecule has 0 atom stereocenters. The fraction of sp³-hybridized carbons (Fsp3) is 0.800. The molecule has 0 N–H and O–H groups in total. The summed E-state index contributed by atoms with van der Waals surface area (Å²) in [4.78, 5) is 9.77. The predicted octanol–water partition coefficient (Wildman–Crippen LogP) is -4.84. The second kappa shape index (κ2) is 5.09. The maximum absolute atomic E-state index is 9.77. The van der Waals surface area contributed by atoms with Crippen molar-refractivity contribution in [2.75, 3.05) is 19.8 Å². The molecule has 1 heterocycles. The number of carboxylic acid groups (broad SMARTS) is 1. The number of hydrogen-bond donors (Lipinski definition) is 0. The zero-order chi connectivity index (χ0) is 6.69. The van der Waals surface area contributed by atoms with Crippen molar-refractivity contribution >= 4 is 5.97 Å². The first kappa shape index (κ1) is 10.4. The average Bonchev–Trinajstić information content (AvgIpc) is 1.60. The van der Waals surface area contributed by atoms with Crippen molar-refractivity contribution in [3.05, 3.63) is 0 Å². The minimum atomic E-state index is -1.18. The summed E-state index contributed by atoms with van der Waals surface area (Å²) in [6.45, 7) is 0.689. The van der Waals surface area contributed by atoms with Gasteiger partial charge in [-0.25, -0.2) is 0 Å². The molecule has 1 rings (SSSR count). The molecule has 1 fully saturated rings. The summed E-state index contributed by atoms with van der Waals surface area (Å²) in [5, 5.41) is 9.77. The summed E-state index contributed by atoms with van der Waals surface area (Å²) in [5.74, 6) is -1.18. The molecule has 1 aliphatic rings. The molecule has 0 aliphatic carbocycles. The maximum atomic E-state index is 9.77. The molecule has 1 aliphatic heterocycles. The second-order valence-corrected chi connectivity index (χ2v) is 1.84. The fourth-order valence-electron chi connectivity index (χ4n) is 0.496. The maximum Gasteiger partial charge on any atom is 1.00 e. The van der Waals surface area contributed by atoms with Crippen molar-refractivity contribution in [3.8, 4) is 0 Å². The Labute approximate surface area is 80.8 Å². The van der Waals surface area contributed by atoms with Gasteiger partial charge in [-0.05, 0) is 0 Å². The Kier molecular flexibility index (Phi) is 5.29. The van der Waals surface area contributed by atoms with Gasteiger partial charge in [0.15, 0.2) is 0 Å². The minimum absolute atomic E-state index is 0. The van der Waals surface area contributed by atoms with Crippen LogP contribution in [0.5, 0.6) is 0 Å². The van der Waals surface area contributed by atoms with E-state index in [1.54, 1.807) is 0 Å². The number of carboxylic acids is 1. The van der Waals surface area contributed by atoms with Gasteiger partial charge < -0.3 is 19.4 Å². The largest absolute Gasteiger partial charge is 1.00 e. The third-order valence-electron chi connectivity index (χ3n) is 1.04. The molecule has 5 heteroatoms. The van der Waals surface area contributed by atoms with Crippen molar-refractivity contribution in [2.24, 2.45) is 0 Å². The number of carbonyl (C=O) groups excluding carboxylic acids is 1. The van der Waals surface area contributed by atoms with E-state index in [9.17, 15) is 9.90 Å². The molecule has 0 spiro atoms. The second-order valence-electron chi connectivity index (χ2n) is 1.84. The molecule has 10 heavy (non-hydrogen) atoms. The van der Waals surface area contributed by atoms with Crippen LogP contribution in [0.1, 0.15) is 0 Å². The van der Waals surface area contributed by atoms with E-state index in [-0.39, 0.29) is 42.3 Å². The molecule has 0 unspecified atom stereocenters. The molecule has 0 aromatic rings. The quantitative estimate of drug-likeness (QED) is 0.382. The summed E-state index contributed by atoms with van der Waals surface area (Å²) >= 11 is 0. The first-order chi connectivity index (χ1) is 4.29.